The first-order valence-corrected chi connectivity index (χ1v) is 6.86. The SMILES string of the molecule is CC(=O)N(CC(=O)NCc1cccnc1)c1c(F)cccc1F. The molecular weight excluding hydrogens is 304 g/mol. The van der Waals surface area contributed by atoms with Gasteiger partial charge >= 0.3 is 0 Å². The summed E-state index contributed by atoms with van der Waals surface area (Å²) in [6.07, 6.45) is 3.18. The number of hydrogen-bond donors (Lipinski definition) is 1. The number of hydrogen-bond acceptors (Lipinski definition) is 3. The molecule has 1 aromatic heterocycles. The summed E-state index contributed by atoms with van der Waals surface area (Å²) in [6, 6.07) is 6.74. The number of halogens is 2. The molecule has 0 aliphatic carbocycles. The minimum atomic E-state index is -0.903. The van der Waals surface area contributed by atoms with Crippen LogP contribution in [0.2, 0.25) is 0 Å². The topological polar surface area (TPSA) is 62.3 Å². The van der Waals surface area contributed by atoms with Gasteiger partial charge < -0.3 is 5.32 Å². The van der Waals surface area contributed by atoms with E-state index in [-0.39, 0.29) is 6.54 Å². The number of para-hydroxylation sites is 1. The molecular formula is C16H15F2N3O2. The summed E-state index contributed by atoms with van der Waals surface area (Å²) in [7, 11) is 0. The standard InChI is InChI=1S/C16H15F2N3O2/c1-11(22)21(16-13(17)5-2-6-14(16)18)10-15(23)20-9-12-4-3-7-19-8-12/h2-8H,9-10H2,1H3,(H,20,23). The molecule has 0 aliphatic rings. The number of carbonyl (C=O) groups excluding carboxylic acids is 2. The fourth-order valence-electron chi connectivity index (χ4n) is 2.00. The van der Waals surface area contributed by atoms with Crippen molar-refractivity contribution >= 4 is 17.5 Å². The Balaban J connectivity index is 2.08. The molecule has 1 N–H and O–H groups in total. The molecule has 120 valence electrons. The van der Waals surface area contributed by atoms with E-state index in [4.69, 9.17) is 0 Å². The molecule has 0 radical (unpaired) electrons. The maximum absolute atomic E-state index is 13.8. The van der Waals surface area contributed by atoms with E-state index in [1.54, 1.807) is 24.5 Å². The number of pyridine rings is 1. The lowest BCUT2D eigenvalue weighted by molar-refractivity contribution is -0.123. The Hall–Kier alpha value is -2.83. The van der Waals surface area contributed by atoms with Gasteiger partial charge in [0.2, 0.25) is 11.8 Å². The predicted octanol–water partition coefficient (Wildman–Crippen LogP) is 2.03. The van der Waals surface area contributed by atoms with Gasteiger partial charge in [-0.05, 0) is 23.8 Å². The number of nitrogens with zero attached hydrogens (tertiary/aromatic N) is 2. The number of rotatable bonds is 5. The van der Waals surface area contributed by atoms with E-state index in [9.17, 15) is 18.4 Å². The smallest absolute Gasteiger partial charge is 0.240 e. The molecule has 0 unspecified atom stereocenters. The molecule has 2 amide bonds. The molecule has 0 saturated heterocycles. The Labute approximate surface area is 131 Å². The summed E-state index contributed by atoms with van der Waals surface area (Å²) in [5.41, 5.74) is 0.240. The van der Waals surface area contributed by atoms with Crippen LogP contribution < -0.4 is 10.2 Å². The zero-order valence-corrected chi connectivity index (χ0v) is 12.4. The Morgan fingerprint density at radius 1 is 1.17 bits per heavy atom. The van der Waals surface area contributed by atoms with Crippen LogP contribution in [-0.2, 0) is 16.1 Å². The summed E-state index contributed by atoms with van der Waals surface area (Å²) in [5.74, 6) is -2.97. The summed E-state index contributed by atoms with van der Waals surface area (Å²) >= 11 is 0. The minimum absolute atomic E-state index is 0.207. The maximum Gasteiger partial charge on any atom is 0.240 e. The van der Waals surface area contributed by atoms with Gasteiger partial charge in [0, 0.05) is 25.9 Å². The van der Waals surface area contributed by atoms with Crippen molar-refractivity contribution in [1.29, 1.82) is 0 Å². The number of anilines is 1. The van der Waals surface area contributed by atoms with E-state index in [0.29, 0.717) is 0 Å². The molecule has 0 bridgehead atoms. The third kappa shape index (κ3) is 4.32. The van der Waals surface area contributed by atoms with Crippen LogP contribution in [0.5, 0.6) is 0 Å². The van der Waals surface area contributed by atoms with Crippen LogP contribution in [0.1, 0.15) is 12.5 Å². The molecule has 5 nitrogen and oxygen atoms in total. The van der Waals surface area contributed by atoms with Gasteiger partial charge in [-0.25, -0.2) is 8.78 Å². The Kier molecular flexibility index (Phi) is 5.35. The van der Waals surface area contributed by atoms with Crippen molar-refractivity contribution in [2.45, 2.75) is 13.5 Å². The zero-order chi connectivity index (χ0) is 16.8. The Morgan fingerprint density at radius 3 is 2.43 bits per heavy atom. The molecule has 0 atom stereocenters. The second-order valence-corrected chi connectivity index (χ2v) is 4.81. The quantitative estimate of drug-likeness (QED) is 0.917. The lowest BCUT2D eigenvalue weighted by atomic mass is 10.2. The number of aromatic nitrogens is 1. The van der Waals surface area contributed by atoms with Gasteiger partial charge in [0.25, 0.3) is 0 Å². The van der Waals surface area contributed by atoms with E-state index >= 15 is 0 Å². The predicted molar refractivity (Wildman–Crippen MR) is 80.5 cm³/mol. The van der Waals surface area contributed by atoms with Gasteiger partial charge in [0.15, 0.2) is 0 Å². The van der Waals surface area contributed by atoms with E-state index in [2.05, 4.69) is 10.3 Å². The Bertz CT molecular complexity index is 687. The van der Waals surface area contributed by atoms with Crippen molar-refractivity contribution in [3.05, 3.63) is 59.9 Å². The van der Waals surface area contributed by atoms with Crippen LogP contribution in [0, 0.1) is 11.6 Å². The number of benzene rings is 1. The molecule has 2 aromatic rings. The first-order chi connectivity index (χ1) is 11.0. The highest BCUT2D eigenvalue weighted by atomic mass is 19.1. The lowest BCUT2D eigenvalue weighted by Crippen LogP contribution is -2.40. The fourth-order valence-corrected chi connectivity index (χ4v) is 2.00. The number of carbonyl (C=O) groups is 2. The minimum Gasteiger partial charge on any atom is -0.350 e. The zero-order valence-electron chi connectivity index (χ0n) is 12.4. The van der Waals surface area contributed by atoms with Crippen molar-refractivity contribution in [2.24, 2.45) is 0 Å². The molecule has 2 rings (SSSR count). The normalized spacial score (nSPS) is 10.2. The van der Waals surface area contributed by atoms with Crippen LogP contribution in [0.25, 0.3) is 0 Å². The van der Waals surface area contributed by atoms with Crippen molar-refractivity contribution in [3.8, 4) is 0 Å². The third-order valence-electron chi connectivity index (χ3n) is 3.10. The van der Waals surface area contributed by atoms with Crippen LogP contribution in [-0.4, -0.2) is 23.3 Å². The van der Waals surface area contributed by atoms with Gasteiger partial charge in [-0.1, -0.05) is 12.1 Å². The molecule has 0 spiro atoms. The summed E-state index contributed by atoms with van der Waals surface area (Å²) < 4.78 is 27.6. The van der Waals surface area contributed by atoms with Crippen LogP contribution in [0.3, 0.4) is 0 Å². The molecule has 1 heterocycles. The van der Waals surface area contributed by atoms with Crippen LogP contribution in [0.4, 0.5) is 14.5 Å². The van der Waals surface area contributed by atoms with E-state index in [1.165, 1.54) is 6.07 Å². The molecule has 23 heavy (non-hydrogen) atoms. The summed E-state index contributed by atoms with van der Waals surface area (Å²) in [6.45, 7) is 0.867. The summed E-state index contributed by atoms with van der Waals surface area (Å²) in [4.78, 5) is 28.3. The van der Waals surface area contributed by atoms with E-state index in [1.807, 2.05) is 0 Å². The van der Waals surface area contributed by atoms with E-state index < -0.39 is 35.7 Å². The molecule has 0 aliphatic heterocycles. The van der Waals surface area contributed by atoms with Crippen molar-refractivity contribution in [3.63, 3.8) is 0 Å². The Morgan fingerprint density at radius 2 is 1.87 bits per heavy atom. The second kappa shape index (κ2) is 7.44. The monoisotopic (exact) mass is 319 g/mol. The highest BCUT2D eigenvalue weighted by molar-refractivity contribution is 5.97. The van der Waals surface area contributed by atoms with Gasteiger partial charge in [-0.3, -0.25) is 19.5 Å². The number of nitrogens with one attached hydrogen (secondary N) is 1. The van der Waals surface area contributed by atoms with Crippen LogP contribution in [0.15, 0.2) is 42.7 Å². The van der Waals surface area contributed by atoms with Crippen molar-refractivity contribution < 1.29 is 18.4 Å². The maximum atomic E-state index is 13.8. The van der Waals surface area contributed by atoms with Gasteiger partial charge in [-0.15, -0.1) is 0 Å². The lowest BCUT2D eigenvalue weighted by Gasteiger charge is -2.21. The average molecular weight is 319 g/mol. The third-order valence-corrected chi connectivity index (χ3v) is 3.10. The van der Waals surface area contributed by atoms with Crippen molar-refractivity contribution in [1.82, 2.24) is 10.3 Å². The van der Waals surface area contributed by atoms with Gasteiger partial charge in [0.05, 0.1) is 0 Å². The van der Waals surface area contributed by atoms with Gasteiger partial charge in [-0.2, -0.15) is 0 Å². The molecule has 7 heteroatoms. The molecule has 0 fully saturated rings. The van der Waals surface area contributed by atoms with Gasteiger partial charge in [0.1, 0.15) is 23.9 Å². The number of amides is 2. The van der Waals surface area contributed by atoms with Crippen molar-refractivity contribution in [2.75, 3.05) is 11.4 Å². The molecule has 0 saturated carbocycles. The van der Waals surface area contributed by atoms with E-state index in [0.717, 1.165) is 29.5 Å². The largest absolute Gasteiger partial charge is 0.350 e. The molecule has 1 aromatic carbocycles. The summed E-state index contributed by atoms with van der Waals surface area (Å²) in [5, 5.41) is 2.58. The highest BCUT2D eigenvalue weighted by Gasteiger charge is 2.22. The van der Waals surface area contributed by atoms with Crippen LogP contribution >= 0.6 is 0 Å². The first-order valence-electron chi connectivity index (χ1n) is 6.86. The average Bonchev–Trinajstić information content (AvgIpc) is 2.52. The fraction of sp³-hybridized carbons (Fsp3) is 0.188. The highest BCUT2D eigenvalue weighted by Crippen LogP contribution is 2.23. The second-order valence-electron chi connectivity index (χ2n) is 4.81. The first kappa shape index (κ1) is 16.5.